The molecule has 0 saturated carbocycles. The van der Waals surface area contributed by atoms with Gasteiger partial charge < -0.3 is 4.52 Å². The maximum Gasteiger partial charge on any atom is 0.416 e. The molecule has 2 rings (SSSR count). The van der Waals surface area contributed by atoms with Crippen molar-refractivity contribution in [3.05, 3.63) is 35.7 Å². The van der Waals surface area contributed by atoms with E-state index in [0.717, 1.165) is 31.5 Å². The molecule has 0 N–H and O–H groups in total. The van der Waals surface area contributed by atoms with Crippen LogP contribution in [0.3, 0.4) is 0 Å². The van der Waals surface area contributed by atoms with Crippen molar-refractivity contribution in [1.82, 2.24) is 15.0 Å². The number of rotatable bonds is 6. The molecule has 0 aliphatic rings. The normalized spacial score (nSPS) is 12.1. The molecule has 7 heteroatoms. The van der Waals surface area contributed by atoms with Gasteiger partial charge in [-0.3, -0.25) is 4.90 Å². The summed E-state index contributed by atoms with van der Waals surface area (Å²) >= 11 is 0. The van der Waals surface area contributed by atoms with Crippen molar-refractivity contribution in [1.29, 1.82) is 0 Å². The van der Waals surface area contributed by atoms with Crippen LogP contribution in [0.2, 0.25) is 0 Å². The Morgan fingerprint density at radius 3 is 2.45 bits per heavy atom. The average Bonchev–Trinajstić information content (AvgIpc) is 2.93. The van der Waals surface area contributed by atoms with Gasteiger partial charge in [-0.25, -0.2) is 0 Å². The summed E-state index contributed by atoms with van der Waals surface area (Å²) in [5.41, 5.74) is -0.196. The molecule has 1 aromatic carbocycles. The van der Waals surface area contributed by atoms with Crippen molar-refractivity contribution in [2.45, 2.75) is 32.5 Å². The smallest absolute Gasteiger partial charge is 0.338 e. The third-order valence-corrected chi connectivity index (χ3v) is 3.24. The van der Waals surface area contributed by atoms with Crippen LogP contribution in [0.1, 0.15) is 31.2 Å². The molecule has 0 aliphatic heterocycles. The van der Waals surface area contributed by atoms with Gasteiger partial charge in [0.25, 0.3) is 0 Å². The SMILES string of the molecule is CCCCN(C)Cc1nc(-c2ccc(C(F)(F)F)cc2)no1. The molecule has 1 heterocycles. The number of halogens is 3. The van der Waals surface area contributed by atoms with Crippen LogP contribution >= 0.6 is 0 Å². The quantitative estimate of drug-likeness (QED) is 0.809. The Bertz CT molecular complexity index is 593. The van der Waals surface area contributed by atoms with Gasteiger partial charge in [-0.2, -0.15) is 18.2 Å². The van der Waals surface area contributed by atoms with Crippen molar-refractivity contribution in [3.63, 3.8) is 0 Å². The highest BCUT2D eigenvalue weighted by Crippen LogP contribution is 2.30. The van der Waals surface area contributed by atoms with E-state index in [2.05, 4.69) is 22.0 Å². The predicted molar refractivity (Wildman–Crippen MR) is 76.0 cm³/mol. The zero-order valence-electron chi connectivity index (χ0n) is 12.5. The van der Waals surface area contributed by atoms with Gasteiger partial charge in [0, 0.05) is 5.56 Å². The molecule has 22 heavy (non-hydrogen) atoms. The van der Waals surface area contributed by atoms with Crippen LogP contribution in [0.15, 0.2) is 28.8 Å². The first-order valence-electron chi connectivity index (χ1n) is 7.09. The summed E-state index contributed by atoms with van der Waals surface area (Å²) in [5, 5.41) is 3.82. The first kappa shape index (κ1) is 16.5. The third kappa shape index (κ3) is 4.30. The number of nitrogens with zero attached hydrogens (tertiary/aromatic N) is 3. The highest BCUT2D eigenvalue weighted by atomic mass is 19.4. The van der Waals surface area contributed by atoms with Crippen molar-refractivity contribution < 1.29 is 17.7 Å². The summed E-state index contributed by atoms with van der Waals surface area (Å²) < 4.78 is 42.7. The summed E-state index contributed by atoms with van der Waals surface area (Å²) in [6.07, 6.45) is -2.16. The summed E-state index contributed by atoms with van der Waals surface area (Å²) in [7, 11) is 1.96. The Morgan fingerprint density at radius 2 is 1.86 bits per heavy atom. The minimum absolute atomic E-state index is 0.299. The van der Waals surface area contributed by atoms with E-state index in [1.807, 2.05) is 7.05 Å². The zero-order valence-corrected chi connectivity index (χ0v) is 12.5. The lowest BCUT2D eigenvalue weighted by Crippen LogP contribution is -2.19. The maximum absolute atomic E-state index is 12.5. The number of hydrogen-bond acceptors (Lipinski definition) is 4. The number of alkyl halides is 3. The second-order valence-electron chi connectivity index (χ2n) is 5.18. The summed E-state index contributed by atoms with van der Waals surface area (Å²) in [5.74, 6) is 0.751. The Balaban J connectivity index is 2.05. The highest BCUT2D eigenvalue weighted by Gasteiger charge is 2.30. The average molecular weight is 313 g/mol. The van der Waals surface area contributed by atoms with Crippen LogP contribution < -0.4 is 0 Å². The third-order valence-electron chi connectivity index (χ3n) is 3.24. The van der Waals surface area contributed by atoms with Crippen LogP contribution in [0.25, 0.3) is 11.4 Å². The molecule has 0 unspecified atom stereocenters. The van der Waals surface area contributed by atoms with Crippen LogP contribution in [0, 0.1) is 0 Å². The van der Waals surface area contributed by atoms with Gasteiger partial charge in [0.2, 0.25) is 11.7 Å². The summed E-state index contributed by atoms with van der Waals surface area (Å²) in [6, 6.07) is 4.72. The number of hydrogen-bond donors (Lipinski definition) is 0. The fraction of sp³-hybridized carbons (Fsp3) is 0.467. The summed E-state index contributed by atoms with van der Waals surface area (Å²) in [6.45, 7) is 3.56. The lowest BCUT2D eigenvalue weighted by atomic mass is 10.1. The Labute approximate surface area is 126 Å². The number of aromatic nitrogens is 2. The van der Waals surface area contributed by atoms with Crippen LogP contribution in [-0.2, 0) is 12.7 Å². The molecule has 0 bridgehead atoms. The fourth-order valence-electron chi connectivity index (χ4n) is 1.98. The second kappa shape index (κ2) is 6.91. The van der Waals surface area contributed by atoms with Crippen LogP contribution in [0.4, 0.5) is 13.2 Å². The van der Waals surface area contributed by atoms with Crippen LogP contribution in [-0.4, -0.2) is 28.6 Å². The van der Waals surface area contributed by atoms with E-state index in [4.69, 9.17) is 4.52 Å². The molecule has 0 aliphatic carbocycles. The van der Waals surface area contributed by atoms with Crippen molar-refractivity contribution in [3.8, 4) is 11.4 Å². The van der Waals surface area contributed by atoms with Gasteiger partial charge in [-0.1, -0.05) is 30.6 Å². The monoisotopic (exact) mass is 313 g/mol. The van der Waals surface area contributed by atoms with Gasteiger partial charge in [0.1, 0.15) is 0 Å². The molecular weight excluding hydrogens is 295 g/mol. The van der Waals surface area contributed by atoms with E-state index in [1.54, 1.807) is 0 Å². The lowest BCUT2D eigenvalue weighted by molar-refractivity contribution is -0.137. The van der Waals surface area contributed by atoms with Crippen LogP contribution in [0.5, 0.6) is 0 Å². The molecule has 0 atom stereocenters. The predicted octanol–water partition coefficient (Wildman–Crippen LogP) is 3.99. The molecule has 0 radical (unpaired) electrons. The van der Waals surface area contributed by atoms with Gasteiger partial charge in [-0.15, -0.1) is 0 Å². The molecule has 0 saturated heterocycles. The van der Waals surface area contributed by atoms with Crippen molar-refractivity contribution >= 4 is 0 Å². The maximum atomic E-state index is 12.5. The van der Waals surface area contributed by atoms with E-state index >= 15 is 0 Å². The topological polar surface area (TPSA) is 42.2 Å². The molecule has 4 nitrogen and oxygen atoms in total. The number of benzene rings is 1. The van der Waals surface area contributed by atoms with E-state index in [-0.39, 0.29) is 0 Å². The Kier molecular flexibility index (Phi) is 5.18. The molecule has 1 aromatic heterocycles. The number of unbranched alkanes of at least 4 members (excludes halogenated alkanes) is 1. The van der Waals surface area contributed by atoms with Crippen molar-refractivity contribution in [2.75, 3.05) is 13.6 Å². The molecule has 0 spiro atoms. The molecule has 0 fully saturated rings. The minimum Gasteiger partial charge on any atom is -0.338 e. The van der Waals surface area contributed by atoms with E-state index in [9.17, 15) is 13.2 Å². The van der Waals surface area contributed by atoms with E-state index in [0.29, 0.717) is 23.8 Å². The summed E-state index contributed by atoms with van der Waals surface area (Å²) in [4.78, 5) is 6.28. The molecule has 2 aromatic rings. The second-order valence-corrected chi connectivity index (χ2v) is 5.18. The molecule has 120 valence electrons. The molecule has 0 amide bonds. The minimum atomic E-state index is -4.34. The largest absolute Gasteiger partial charge is 0.416 e. The Morgan fingerprint density at radius 1 is 1.18 bits per heavy atom. The highest BCUT2D eigenvalue weighted by molar-refractivity contribution is 5.54. The lowest BCUT2D eigenvalue weighted by Gasteiger charge is -2.12. The fourth-order valence-corrected chi connectivity index (χ4v) is 1.98. The first-order valence-corrected chi connectivity index (χ1v) is 7.09. The Hall–Kier alpha value is -1.89. The van der Waals surface area contributed by atoms with Gasteiger partial charge in [0.15, 0.2) is 0 Å². The standard InChI is InChI=1S/C15H18F3N3O/c1-3-4-9-21(2)10-13-19-14(20-22-13)11-5-7-12(8-6-11)15(16,17)18/h5-8H,3-4,9-10H2,1-2H3. The first-order chi connectivity index (χ1) is 10.4. The van der Waals surface area contributed by atoms with Gasteiger partial charge >= 0.3 is 6.18 Å². The van der Waals surface area contributed by atoms with Gasteiger partial charge in [0.05, 0.1) is 12.1 Å². The zero-order chi connectivity index (χ0) is 16.2. The van der Waals surface area contributed by atoms with E-state index in [1.165, 1.54) is 12.1 Å². The molecular formula is C15H18F3N3O. The van der Waals surface area contributed by atoms with E-state index < -0.39 is 11.7 Å². The van der Waals surface area contributed by atoms with Gasteiger partial charge in [-0.05, 0) is 32.1 Å². The van der Waals surface area contributed by atoms with Crippen molar-refractivity contribution in [2.24, 2.45) is 0 Å².